The number of hydrogen-bond acceptors (Lipinski definition) is 4. The highest BCUT2D eigenvalue weighted by atomic mass is 16.5. The molecule has 282 valence electrons. The summed E-state index contributed by atoms with van der Waals surface area (Å²) in [5, 5.41) is -1.83. The van der Waals surface area contributed by atoms with Crippen LogP contribution >= 0.6 is 0 Å². The fraction of sp³-hybridized carbons (Fsp3) is 0.0377. The van der Waals surface area contributed by atoms with Crippen molar-refractivity contribution in [3.63, 3.8) is 0 Å². The molecule has 0 N–H and O–H groups in total. The van der Waals surface area contributed by atoms with E-state index in [1.807, 2.05) is 0 Å². The third kappa shape index (κ3) is 5.32. The summed E-state index contributed by atoms with van der Waals surface area (Å²) in [6.07, 6.45) is 0. The topological polar surface area (TPSA) is 57.8 Å². The van der Waals surface area contributed by atoms with Gasteiger partial charge >= 0.3 is 0 Å². The van der Waals surface area contributed by atoms with Crippen molar-refractivity contribution in [2.45, 2.75) is 13.8 Å². The van der Waals surface area contributed by atoms with Crippen molar-refractivity contribution in [1.82, 2.24) is 24.1 Å². The Morgan fingerprint density at radius 3 is 1.68 bits per heavy atom. The highest BCUT2D eigenvalue weighted by molar-refractivity contribution is 6.97. The van der Waals surface area contributed by atoms with E-state index in [0.717, 1.165) is 9.13 Å². The number of rotatable bonds is 5. The fourth-order valence-electron chi connectivity index (χ4n) is 7.33. The largest absolute Gasteiger partial charge is 0.458 e. The second-order valence-corrected chi connectivity index (χ2v) is 13.4. The van der Waals surface area contributed by atoms with Gasteiger partial charge in [0.05, 0.1) is 63.2 Å². The first-order valence-electron chi connectivity index (χ1n) is 33.0. The Labute approximate surface area is 389 Å². The van der Waals surface area contributed by atoms with Gasteiger partial charge in [-0.1, -0.05) is 150 Å². The summed E-state index contributed by atoms with van der Waals surface area (Å²) in [7, 11) is 0. The van der Waals surface area contributed by atoms with Crippen LogP contribution in [-0.2, 0) is 0 Å². The van der Waals surface area contributed by atoms with Gasteiger partial charge in [-0.05, 0) is 84.2 Å². The first kappa shape index (κ1) is 15.8. The van der Waals surface area contributed by atoms with Gasteiger partial charge in [-0.25, -0.2) is 0 Å². The Balaban J connectivity index is 1.31. The van der Waals surface area contributed by atoms with Gasteiger partial charge in [0.2, 0.25) is 11.9 Å². The van der Waals surface area contributed by atoms with Gasteiger partial charge in [0.25, 0.3) is 6.71 Å². The fourth-order valence-corrected chi connectivity index (χ4v) is 7.33. The Morgan fingerprint density at radius 1 is 0.433 bits per heavy atom. The molecule has 60 heavy (non-hydrogen) atoms. The van der Waals surface area contributed by atoms with Crippen LogP contribution in [0.5, 0.6) is 11.5 Å². The van der Waals surface area contributed by atoms with Crippen LogP contribution in [0.15, 0.2) is 181 Å². The number of hydrogen-bond donors (Lipinski definition) is 0. The van der Waals surface area contributed by atoms with E-state index in [0.29, 0.717) is 0 Å². The molecule has 0 radical (unpaired) electrons. The second kappa shape index (κ2) is 13.4. The van der Waals surface area contributed by atoms with Crippen LogP contribution < -0.4 is 21.1 Å². The molecule has 1 aliphatic heterocycles. The van der Waals surface area contributed by atoms with Crippen LogP contribution in [0, 0.1) is 13.8 Å². The average molecular weight is 800 g/mol. The normalized spacial score (nSPS) is 19.3. The minimum Gasteiger partial charge on any atom is -0.458 e. The predicted molar refractivity (Wildman–Crippen MR) is 246 cm³/mol. The Bertz CT molecular complexity index is 4880. The van der Waals surface area contributed by atoms with E-state index in [9.17, 15) is 17.8 Å². The van der Waals surface area contributed by atoms with Crippen molar-refractivity contribution < 1.29 is 45.9 Å². The number of para-hydroxylation sites is 4. The Kier molecular flexibility index (Phi) is 3.52. The molecule has 6 nitrogen and oxygen atoms in total. The van der Waals surface area contributed by atoms with E-state index in [1.165, 1.54) is 13.8 Å². The van der Waals surface area contributed by atoms with E-state index < -0.39 is 289 Å². The molecule has 8 aromatic carbocycles. The monoisotopic (exact) mass is 799 g/mol. The van der Waals surface area contributed by atoms with Gasteiger partial charge in [0.15, 0.2) is 5.82 Å². The molecule has 1 aliphatic rings. The molecule has 0 amide bonds. The van der Waals surface area contributed by atoms with Crippen LogP contribution in [0.4, 0.5) is 0 Å². The van der Waals surface area contributed by atoms with Gasteiger partial charge in [-0.3, -0.25) is 9.13 Å². The molecule has 0 saturated heterocycles. The maximum Gasteiger partial charge on any atom is 0.251 e. The maximum atomic E-state index is 10.2. The summed E-state index contributed by atoms with van der Waals surface area (Å²) < 4.78 is 282. The molecule has 0 spiro atoms. The van der Waals surface area contributed by atoms with Gasteiger partial charge in [0.1, 0.15) is 11.5 Å². The van der Waals surface area contributed by atoms with Crippen molar-refractivity contribution in [3.8, 4) is 45.9 Å². The molecule has 0 fully saturated rings. The van der Waals surface area contributed by atoms with E-state index >= 15 is 0 Å². The van der Waals surface area contributed by atoms with Crippen LogP contribution in [0.2, 0.25) is 0 Å². The highest BCUT2D eigenvalue weighted by Gasteiger charge is 2.34. The number of aromatic nitrogens is 5. The van der Waals surface area contributed by atoms with Gasteiger partial charge in [0, 0.05) is 27.1 Å². The zero-order chi connectivity index (χ0) is 66.0. The van der Waals surface area contributed by atoms with Crippen molar-refractivity contribution in [3.05, 3.63) is 192 Å². The Hall–Kier alpha value is -7.77. The molecular weight excluding hydrogens is 733 g/mol. The molecule has 3 aromatic heterocycles. The summed E-state index contributed by atoms with van der Waals surface area (Å²) in [5.74, 6) is -4.21. The lowest BCUT2D eigenvalue weighted by atomic mass is 9.35. The average Bonchev–Trinajstić information content (AvgIpc) is 1.28. The van der Waals surface area contributed by atoms with Crippen LogP contribution in [0.25, 0.3) is 78.0 Å². The van der Waals surface area contributed by atoms with Crippen molar-refractivity contribution in [2.75, 3.05) is 0 Å². The summed E-state index contributed by atoms with van der Waals surface area (Å²) in [6, 6.07) is -26.3. The zero-order valence-corrected chi connectivity index (χ0v) is 30.7. The van der Waals surface area contributed by atoms with Crippen LogP contribution in [0.3, 0.4) is 0 Å². The van der Waals surface area contributed by atoms with Crippen molar-refractivity contribution >= 4 is 66.7 Å². The van der Waals surface area contributed by atoms with Gasteiger partial charge in [-0.15, -0.1) is 0 Å². The zero-order valence-electron chi connectivity index (χ0n) is 60.7. The highest BCUT2D eigenvalue weighted by Crippen LogP contribution is 2.35. The minimum atomic E-state index is -2.04. The second-order valence-electron chi connectivity index (χ2n) is 13.4. The molecule has 12 rings (SSSR count). The number of fused-ring (bicyclic) bond motifs is 8. The van der Waals surface area contributed by atoms with Gasteiger partial charge < -0.3 is 4.74 Å². The first-order valence-corrected chi connectivity index (χ1v) is 18.0. The van der Waals surface area contributed by atoms with Crippen molar-refractivity contribution in [2.24, 2.45) is 0 Å². The predicted octanol–water partition coefficient (Wildman–Crippen LogP) is 10.6. The molecule has 0 bridgehead atoms. The van der Waals surface area contributed by atoms with E-state index in [-0.39, 0.29) is 16.5 Å². The number of benzene rings is 8. The molecule has 0 unspecified atom stereocenters. The molecule has 4 heterocycles. The molecule has 7 heteroatoms. The molecule has 0 aliphatic carbocycles. The smallest absolute Gasteiger partial charge is 0.251 e. The Morgan fingerprint density at radius 2 is 0.967 bits per heavy atom. The lowest BCUT2D eigenvalue weighted by Gasteiger charge is -2.28. The van der Waals surface area contributed by atoms with Crippen LogP contribution in [0.1, 0.15) is 52.2 Å². The summed E-state index contributed by atoms with van der Waals surface area (Å²) >= 11 is 0. The minimum absolute atomic E-state index is 0.130. The summed E-state index contributed by atoms with van der Waals surface area (Å²) in [5.41, 5.74) is -7.28. The maximum absolute atomic E-state index is 10.2. The SMILES string of the molecule is [2H]c1c([2H])c([2H])c2c(c1[2H])Oc1c([2H])c([2H])c(C)c([2H])c1B2c1c([2H])c([2H])c([2H])c([2H])c1-c1c([2H])c([2H])c([2H])c(-c2nc(-n3c4c([2H])c([2H])c([2H])c([2H])c4c4c([2H])c([2H])c([2H])c([2H])c43)nc(-n3c4c([2H])c([2H])c([2H])c([2H])c4c4c([2H])c(C)c([2H])c([2H])c43)n2)c1[2H]. The molecule has 11 aromatic rings. The lowest BCUT2D eigenvalue weighted by molar-refractivity contribution is 0.487. The van der Waals surface area contributed by atoms with Crippen molar-refractivity contribution in [1.29, 1.82) is 0 Å². The van der Waals surface area contributed by atoms with E-state index in [4.69, 9.17) is 28.0 Å². The first-order chi connectivity index (χ1) is 42.1. The standard InChI is InChI=1S/C53H36BN5O/c1-33-26-28-48-41(30-33)40-19-6-11-24-47(40)59(48)53-56-51(55-52(57-53)58-45-22-9-4-17-38(45)39-18-5-10-23-46(39)58)36-15-13-14-35(32-36)37-16-3-7-20-42(37)54-43-21-8-12-25-49(43)60-50-29-27-34(2)31-44(50)54/h3-32H,1-2H3/i3D,4D,5D,6D,7D,8D,9D,10D,11D,12D,13D,14D,15D,16D,17D,18D,19D,20D,21D,22D,23D,24D,25D,26D,27D,28D,29D,30D,31D,32D. The third-order valence-electron chi connectivity index (χ3n) is 9.82. The van der Waals surface area contributed by atoms with E-state index in [2.05, 4.69) is 15.0 Å². The quantitative estimate of drug-likeness (QED) is 0.163. The molecular formula is C53H36BN5O. The van der Waals surface area contributed by atoms with Gasteiger partial charge in [-0.2, -0.15) is 15.0 Å². The summed E-state index contributed by atoms with van der Waals surface area (Å²) in [6.45, 7) is 0.540. The summed E-state index contributed by atoms with van der Waals surface area (Å²) in [4.78, 5) is 13.9. The third-order valence-corrected chi connectivity index (χ3v) is 9.82. The van der Waals surface area contributed by atoms with Crippen LogP contribution in [-0.4, -0.2) is 30.8 Å². The molecule has 0 saturated carbocycles. The lowest BCUT2D eigenvalue weighted by Crippen LogP contribution is -2.55. The number of nitrogens with zero attached hydrogens (tertiary/aromatic N) is 5. The number of ether oxygens (including phenoxy) is 1. The van der Waals surface area contributed by atoms with E-state index in [1.54, 1.807) is 0 Å². The molecule has 0 atom stereocenters.